The number of hydrogen-bond donors (Lipinski definition) is 2. The van der Waals surface area contributed by atoms with Gasteiger partial charge in [-0.1, -0.05) is 29.2 Å². The Balaban J connectivity index is 1.77. The smallest absolute Gasteiger partial charge is 0.416 e. The number of nitrogens with one attached hydrogen (secondary N) is 1. The Hall–Kier alpha value is -2.34. The van der Waals surface area contributed by atoms with Crippen LogP contribution in [0.1, 0.15) is 5.56 Å². The number of nitrogen functional groups attached to an aromatic ring is 1. The maximum Gasteiger partial charge on any atom is 0.416 e. The maximum atomic E-state index is 12.6. The summed E-state index contributed by atoms with van der Waals surface area (Å²) in [4.78, 5) is 23.2. The number of carbonyl (C=O) groups is 2. The number of benzene rings is 1. The van der Waals surface area contributed by atoms with Gasteiger partial charge in [-0.2, -0.15) is 13.2 Å². The van der Waals surface area contributed by atoms with E-state index >= 15 is 0 Å². The number of thioether (sulfide) groups is 1. The van der Waals surface area contributed by atoms with Crippen LogP contribution in [0.5, 0.6) is 0 Å². The summed E-state index contributed by atoms with van der Waals surface area (Å²) in [6.45, 7) is -0.617. The van der Waals surface area contributed by atoms with Crippen LogP contribution in [0.25, 0.3) is 0 Å². The van der Waals surface area contributed by atoms with Crippen molar-refractivity contribution in [2.24, 2.45) is 0 Å². The monoisotopic (exact) mass is 392 g/mol. The third kappa shape index (κ3) is 6.23. The molecule has 1 aromatic heterocycles. The zero-order chi connectivity index (χ0) is 18.4. The first-order chi connectivity index (χ1) is 11.7. The molecule has 7 nitrogen and oxygen atoms in total. The van der Waals surface area contributed by atoms with Crippen LogP contribution in [0.2, 0.25) is 0 Å². The molecule has 1 amide bonds. The van der Waals surface area contributed by atoms with Gasteiger partial charge in [0, 0.05) is 5.69 Å². The molecule has 2 aromatic rings. The average molecular weight is 392 g/mol. The SMILES string of the molecule is Nc1nnc(SCC(=O)OCC(=O)Nc2cccc(C(F)(F)F)c2)s1. The van der Waals surface area contributed by atoms with Gasteiger partial charge in [0.15, 0.2) is 10.9 Å². The van der Waals surface area contributed by atoms with Crippen molar-refractivity contribution in [3.8, 4) is 0 Å². The first-order valence-electron chi connectivity index (χ1n) is 6.58. The number of rotatable bonds is 6. The maximum absolute atomic E-state index is 12.6. The molecule has 0 atom stereocenters. The molecule has 0 saturated carbocycles. The fourth-order valence-electron chi connectivity index (χ4n) is 1.56. The Kier molecular flexibility index (Phi) is 6.20. The third-order valence-corrected chi connectivity index (χ3v) is 4.43. The van der Waals surface area contributed by atoms with E-state index in [1.807, 2.05) is 0 Å². The van der Waals surface area contributed by atoms with Crippen molar-refractivity contribution in [1.29, 1.82) is 0 Å². The van der Waals surface area contributed by atoms with Crippen molar-refractivity contribution in [3.63, 3.8) is 0 Å². The van der Waals surface area contributed by atoms with Gasteiger partial charge in [-0.3, -0.25) is 9.59 Å². The number of halogens is 3. The summed E-state index contributed by atoms with van der Waals surface area (Å²) in [6, 6.07) is 4.13. The Morgan fingerprint density at radius 2 is 2.08 bits per heavy atom. The molecule has 0 aliphatic rings. The third-order valence-electron chi connectivity index (χ3n) is 2.57. The van der Waals surface area contributed by atoms with Crippen molar-refractivity contribution in [2.75, 3.05) is 23.4 Å². The lowest BCUT2D eigenvalue weighted by atomic mass is 10.2. The van der Waals surface area contributed by atoms with Crippen LogP contribution >= 0.6 is 23.1 Å². The van der Waals surface area contributed by atoms with E-state index in [4.69, 9.17) is 10.5 Å². The number of amides is 1. The molecular weight excluding hydrogens is 381 g/mol. The van der Waals surface area contributed by atoms with Gasteiger partial charge in [-0.05, 0) is 18.2 Å². The van der Waals surface area contributed by atoms with Gasteiger partial charge in [0.25, 0.3) is 5.91 Å². The van der Waals surface area contributed by atoms with Crippen LogP contribution in [-0.4, -0.2) is 34.4 Å². The summed E-state index contributed by atoms with van der Waals surface area (Å²) in [5.41, 5.74) is 4.45. The zero-order valence-corrected chi connectivity index (χ0v) is 14.0. The minimum atomic E-state index is -4.52. The van der Waals surface area contributed by atoms with Crippen LogP contribution in [-0.2, 0) is 20.5 Å². The van der Waals surface area contributed by atoms with Gasteiger partial charge in [-0.25, -0.2) is 0 Å². The summed E-state index contributed by atoms with van der Waals surface area (Å²) in [5.74, 6) is -1.54. The molecule has 0 aliphatic carbocycles. The predicted octanol–water partition coefficient (Wildman–Crippen LogP) is 2.41. The number of nitrogens with zero attached hydrogens (tertiary/aromatic N) is 2. The molecule has 2 rings (SSSR count). The molecule has 0 saturated heterocycles. The van der Waals surface area contributed by atoms with E-state index in [2.05, 4.69) is 15.5 Å². The second-order valence-electron chi connectivity index (χ2n) is 4.48. The summed E-state index contributed by atoms with van der Waals surface area (Å²) < 4.78 is 43.0. The number of hydrogen-bond acceptors (Lipinski definition) is 8. The highest BCUT2D eigenvalue weighted by atomic mass is 32.2. The lowest BCUT2D eigenvalue weighted by molar-refractivity contribution is -0.144. The quantitative estimate of drug-likeness (QED) is 0.574. The van der Waals surface area contributed by atoms with E-state index in [1.165, 1.54) is 6.07 Å². The van der Waals surface area contributed by atoms with Gasteiger partial charge < -0.3 is 15.8 Å². The molecule has 134 valence electrons. The normalized spacial score (nSPS) is 11.2. The zero-order valence-electron chi connectivity index (χ0n) is 12.4. The van der Waals surface area contributed by atoms with E-state index in [1.54, 1.807) is 0 Å². The fourth-order valence-corrected chi connectivity index (χ4v) is 2.99. The standard InChI is InChI=1S/C13H11F3N4O3S2/c14-13(15,16)7-2-1-3-8(4-7)18-9(21)5-23-10(22)6-24-12-20-19-11(17)25-12/h1-4H,5-6H2,(H2,17,19)(H,18,21). The van der Waals surface area contributed by atoms with Crippen molar-refractivity contribution in [1.82, 2.24) is 10.2 Å². The van der Waals surface area contributed by atoms with Gasteiger partial charge in [0.2, 0.25) is 5.13 Å². The largest absolute Gasteiger partial charge is 0.455 e. The Bertz CT molecular complexity index is 767. The molecule has 0 radical (unpaired) electrons. The van der Waals surface area contributed by atoms with Crippen LogP contribution < -0.4 is 11.1 Å². The number of carbonyl (C=O) groups excluding carboxylic acids is 2. The number of aromatic nitrogens is 2. The first-order valence-corrected chi connectivity index (χ1v) is 8.39. The molecule has 0 bridgehead atoms. The van der Waals surface area contributed by atoms with Crippen LogP contribution in [0, 0.1) is 0 Å². The van der Waals surface area contributed by atoms with Crippen molar-refractivity contribution < 1.29 is 27.5 Å². The van der Waals surface area contributed by atoms with E-state index in [9.17, 15) is 22.8 Å². The van der Waals surface area contributed by atoms with Crippen molar-refractivity contribution >= 4 is 45.8 Å². The van der Waals surface area contributed by atoms with Gasteiger partial charge >= 0.3 is 12.1 Å². The molecule has 1 aromatic carbocycles. The molecule has 1 heterocycles. The molecular formula is C13H11F3N4O3S2. The van der Waals surface area contributed by atoms with Gasteiger partial charge in [0.05, 0.1) is 11.3 Å². The average Bonchev–Trinajstić information content (AvgIpc) is 2.96. The minimum absolute atomic E-state index is 0.0467. The van der Waals surface area contributed by atoms with Gasteiger partial charge in [0.1, 0.15) is 0 Å². The molecule has 0 unspecified atom stereocenters. The Morgan fingerprint density at radius 1 is 1.32 bits per heavy atom. The molecule has 3 N–H and O–H groups in total. The minimum Gasteiger partial charge on any atom is -0.455 e. The lowest BCUT2D eigenvalue weighted by Crippen LogP contribution is -2.21. The molecule has 25 heavy (non-hydrogen) atoms. The summed E-state index contributed by atoms with van der Waals surface area (Å²) in [7, 11) is 0. The second-order valence-corrected chi connectivity index (χ2v) is 6.71. The summed E-state index contributed by atoms with van der Waals surface area (Å²) >= 11 is 2.14. The van der Waals surface area contributed by atoms with Crippen LogP contribution in [0.15, 0.2) is 28.6 Å². The summed E-state index contributed by atoms with van der Waals surface area (Å²) in [6.07, 6.45) is -4.52. The molecule has 0 aliphatic heterocycles. The lowest BCUT2D eigenvalue weighted by Gasteiger charge is -2.10. The fraction of sp³-hybridized carbons (Fsp3) is 0.231. The highest BCUT2D eigenvalue weighted by Crippen LogP contribution is 2.30. The van der Waals surface area contributed by atoms with E-state index in [0.717, 1.165) is 41.3 Å². The van der Waals surface area contributed by atoms with E-state index in [0.29, 0.717) is 4.34 Å². The molecule has 12 heteroatoms. The summed E-state index contributed by atoms with van der Waals surface area (Å²) in [5, 5.41) is 9.75. The first kappa shape index (κ1) is 19.0. The highest BCUT2D eigenvalue weighted by Gasteiger charge is 2.30. The molecule has 0 spiro atoms. The Labute approximate surface area is 147 Å². The topological polar surface area (TPSA) is 107 Å². The Morgan fingerprint density at radius 3 is 2.72 bits per heavy atom. The van der Waals surface area contributed by atoms with E-state index in [-0.39, 0.29) is 16.6 Å². The number of nitrogens with two attached hydrogens (primary N) is 1. The number of alkyl halides is 3. The number of esters is 1. The molecule has 0 fully saturated rings. The van der Waals surface area contributed by atoms with Crippen molar-refractivity contribution in [2.45, 2.75) is 10.5 Å². The van der Waals surface area contributed by atoms with E-state index < -0.39 is 30.2 Å². The van der Waals surface area contributed by atoms with Crippen LogP contribution in [0.3, 0.4) is 0 Å². The highest BCUT2D eigenvalue weighted by molar-refractivity contribution is 8.01. The second kappa shape index (κ2) is 8.16. The number of ether oxygens (including phenoxy) is 1. The van der Waals surface area contributed by atoms with Crippen molar-refractivity contribution in [3.05, 3.63) is 29.8 Å². The number of anilines is 2. The van der Waals surface area contributed by atoms with Crippen LogP contribution in [0.4, 0.5) is 24.0 Å². The van der Waals surface area contributed by atoms with Gasteiger partial charge in [-0.15, -0.1) is 10.2 Å². The predicted molar refractivity (Wildman–Crippen MR) is 86.1 cm³/mol.